The van der Waals surface area contributed by atoms with Crippen molar-refractivity contribution >= 4 is 28.5 Å². The zero-order valence-electron chi connectivity index (χ0n) is 16.1. The van der Waals surface area contributed by atoms with E-state index in [9.17, 15) is 0 Å². The fourth-order valence-corrected chi connectivity index (χ4v) is 4.19. The van der Waals surface area contributed by atoms with Crippen LogP contribution in [0.1, 0.15) is 29.7 Å². The third-order valence-electron chi connectivity index (χ3n) is 4.97. The van der Waals surface area contributed by atoms with Crippen molar-refractivity contribution in [2.24, 2.45) is 10.7 Å². The SMILES string of the molecule is CN(CCCO)CCCN1CCCc2cc(N=C(N)c3cccs3)ccc21. The fraction of sp³-hybridized carbons (Fsp3) is 0.476. The van der Waals surface area contributed by atoms with Crippen LogP contribution in [0.3, 0.4) is 0 Å². The number of aliphatic hydroxyl groups is 1. The van der Waals surface area contributed by atoms with Crippen molar-refractivity contribution in [2.45, 2.75) is 25.7 Å². The lowest BCUT2D eigenvalue weighted by Gasteiger charge is -2.32. The maximum absolute atomic E-state index is 8.93. The van der Waals surface area contributed by atoms with Crippen molar-refractivity contribution in [1.82, 2.24) is 4.90 Å². The third-order valence-corrected chi connectivity index (χ3v) is 5.86. The van der Waals surface area contributed by atoms with E-state index in [1.165, 1.54) is 17.7 Å². The molecule has 146 valence electrons. The smallest absolute Gasteiger partial charge is 0.141 e. The van der Waals surface area contributed by atoms with Crippen LogP contribution < -0.4 is 10.6 Å². The van der Waals surface area contributed by atoms with Gasteiger partial charge in [-0.3, -0.25) is 0 Å². The van der Waals surface area contributed by atoms with E-state index in [1.54, 1.807) is 11.3 Å². The van der Waals surface area contributed by atoms with E-state index in [0.717, 1.165) is 56.0 Å². The Balaban J connectivity index is 1.62. The summed E-state index contributed by atoms with van der Waals surface area (Å²) in [5.41, 5.74) is 9.78. The van der Waals surface area contributed by atoms with E-state index in [-0.39, 0.29) is 6.61 Å². The summed E-state index contributed by atoms with van der Waals surface area (Å²) in [5, 5.41) is 11.0. The maximum atomic E-state index is 8.93. The van der Waals surface area contributed by atoms with Gasteiger partial charge >= 0.3 is 0 Å². The summed E-state index contributed by atoms with van der Waals surface area (Å²) in [5.74, 6) is 0.587. The molecule has 1 aromatic carbocycles. The predicted molar refractivity (Wildman–Crippen MR) is 115 cm³/mol. The quantitative estimate of drug-likeness (QED) is 0.513. The van der Waals surface area contributed by atoms with E-state index in [4.69, 9.17) is 10.8 Å². The van der Waals surface area contributed by atoms with E-state index < -0.39 is 0 Å². The summed E-state index contributed by atoms with van der Waals surface area (Å²) >= 11 is 1.61. The Morgan fingerprint density at radius 3 is 2.93 bits per heavy atom. The van der Waals surface area contributed by atoms with Crippen molar-refractivity contribution in [3.8, 4) is 0 Å². The van der Waals surface area contributed by atoms with Crippen LogP contribution in [-0.4, -0.2) is 55.7 Å². The van der Waals surface area contributed by atoms with E-state index in [2.05, 4.69) is 40.0 Å². The normalized spacial score (nSPS) is 14.6. The molecule has 1 aromatic heterocycles. The largest absolute Gasteiger partial charge is 0.396 e. The zero-order valence-corrected chi connectivity index (χ0v) is 16.9. The highest BCUT2D eigenvalue weighted by Crippen LogP contribution is 2.31. The van der Waals surface area contributed by atoms with Gasteiger partial charge in [-0.05, 0) is 74.5 Å². The number of fused-ring (bicyclic) bond motifs is 1. The maximum Gasteiger partial charge on any atom is 0.141 e. The second-order valence-electron chi connectivity index (χ2n) is 7.11. The first-order valence-corrected chi connectivity index (χ1v) is 10.6. The number of aryl methyl sites for hydroxylation is 1. The first kappa shape index (κ1) is 19.9. The van der Waals surface area contributed by atoms with Gasteiger partial charge < -0.3 is 20.6 Å². The number of anilines is 1. The Labute approximate surface area is 166 Å². The molecule has 0 fully saturated rings. The Hall–Kier alpha value is -1.89. The fourth-order valence-electron chi connectivity index (χ4n) is 3.57. The number of aliphatic imine (C=N–C) groups is 1. The number of nitrogens with zero attached hydrogens (tertiary/aromatic N) is 3. The van der Waals surface area contributed by atoms with Gasteiger partial charge in [0.05, 0.1) is 10.6 Å². The molecule has 5 nitrogen and oxygen atoms in total. The molecule has 0 saturated heterocycles. The highest BCUT2D eigenvalue weighted by molar-refractivity contribution is 7.12. The lowest BCUT2D eigenvalue weighted by molar-refractivity contribution is 0.246. The average molecular weight is 387 g/mol. The zero-order chi connectivity index (χ0) is 19.1. The molecule has 2 aromatic rings. The second kappa shape index (κ2) is 9.88. The van der Waals surface area contributed by atoms with Crippen LogP contribution in [-0.2, 0) is 6.42 Å². The molecule has 1 aliphatic heterocycles. The molecular weight excluding hydrogens is 356 g/mol. The summed E-state index contributed by atoms with van der Waals surface area (Å²) in [6.45, 7) is 4.47. The van der Waals surface area contributed by atoms with Gasteiger partial charge in [-0.15, -0.1) is 11.3 Å². The summed E-state index contributed by atoms with van der Waals surface area (Å²) in [4.78, 5) is 10.4. The Kier molecular flexibility index (Phi) is 7.26. The van der Waals surface area contributed by atoms with Crippen LogP contribution >= 0.6 is 11.3 Å². The van der Waals surface area contributed by atoms with Gasteiger partial charge in [-0.2, -0.15) is 0 Å². The number of nitrogens with two attached hydrogens (primary N) is 1. The van der Waals surface area contributed by atoms with Crippen LogP contribution in [0.4, 0.5) is 11.4 Å². The summed E-state index contributed by atoms with van der Waals surface area (Å²) in [6, 6.07) is 10.5. The van der Waals surface area contributed by atoms with Crippen LogP contribution in [0.5, 0.6) is 0 Å². The van der Waals surface area contributed by atoms with Crippen molar-refractivity contribution in [2.75, 3.05) is 44.7 Å². The standard InChI is InChI=1S/C21H30N4OS/c1-24(11-5-14-26)10-4-13-25-12-2-6-17-16-18(8-9-19(17)25)23-21(22)20-7-3-15-27-20/h3,7-9,15-16,26H,2,4-6,10-14H2,1H3,(H2,22,23). The molecule has 0 bridgehead atoms. The van der Waals surface area contributed by atoms with Crippen molar-refractivity contribution < 1.29 is 5.11 Å². The molecule has 6 heteroatoms. The molecule has 0 saturated carbocycles. The highest BCUT2D eigenvalue weighted by atomic mass is 32.1. The monoisotopic (exact) mass is 386 g/mol. The van der Waals surface area contributed by atoms with Gasteiger partial charge in [0.1, 0.15) is 5.84 Å². The molecule has 0 spiro atoms. The van der Waals surface area contributed by atoms with Crippen molar-refractivity contribution in [1.29, 1.82) is 0 Å². The highest BCUT2D eigenvalue weighted by Gasteiger charge is 2.17. The Morgan fingerprint density at radius 1 is 1.30 bits per heavy atom. The van der Waals surface area contributed by atoms with Gasteiger partial charge in [0.25, 0.3) is 0 Å². The first-order valence-electron chi connectivity index (χ1n) is 9.72. The summed E-state index contributed by atoms with van der Waals surface area (Å²) in [6.07, 6.45) is 4.26. The van der Waals surface area contributed by atoms with Gasteiger partial charge in [0, 0.05) is 31.9 Å². The minimum atomic E-state index is 0.269. The van der Waals surface area contributed by atoms with Crippen LogP contribution in [0, 0.1) is 0 Å². The van der Waals surface area contributed by atoms with Crippen LogP contribution in [0.25, 0.3) is 0 Å². The third kappa shape index (κ3) is 5.54. The van der Waals surface area contributed by atoms with E-state index >= 15 is 0 Å². The Morgan fingerprint density at radius 2 is 2.15 bits per heavy atom. The number of benzene rings is 1. The molecule has 0 unspecified atom stereocenters. The van der Waals surface area contributed by atoms with Crippen LogP contribution in [0.2, 0.25) is 0 Å². The molecule has 0 atom stereocenters. The number of hydrogen-bond donors (Lipinski definition) is 2. The van der Waals surface area contributed by atoms with E-state index in [1.807, 2.05) is 17.5 Å². The molecule has 0 radical (unpaired) electrons. The predicted octanol–water partition coefficient (Wildman–Crippen LogP) is 3.24. The molecule has 0 aliphatic carbocycles. The second-order valence-corrected chi connectivity index (χ2v) is 8.06. The molecule has 3 rings (SSSR count). The summed E-state index contributed by atoms with van der Waals surface area (Å²) < 4.78 is 0. The van der Waals surface area contributed by atoms with Gasteiger partial charge in [-0.25, -0.2) is 4.99 Å². The summed E-state index contributed by atoms with van der Waals surface area (Å²) in [7, 11) is 2.13. The molecule has 0 amide bonds. The topological polar surface area (TPSA) is 65.1 Å². The lowest BCUT2D eigenvalue weighted by atomic mass is 10.0. The number of amidine groups is 1. The molecule has 2 heterocycles. The van der Waals surface area contributed by atoms with Crippen molar-refractivity contribution in [3.05, 3.63) is 46.2 Å². The average Bonchev–Trinajstić information content (AvgIpc) is 3.21. The molecule has 1 aliphatic rings. The van der Waals surface area contributed by atoms with E-state index in [0.29, 0.717) is 5.84 Å². The van der Waals surface area contributed by atoms with Gasteiger partial charge in [0.15, 0.2) is 0 Å². The number of hydrogen-bond acceptors (Lipinski definition) is 5. The molecule has 3 N–H and O–H groups in total. The Bertz CT molecular complexity index is 745. The van der Waals surface area contributed by atoms with Gasteiger partial charge in [-0.1, -0.05) is 6.07 Å². The van der Waals surface area contributed by atoms with Crippen molar-refractivity contribution in [3.63, 3.8) is 0 Å². The minimum Gasteiger partial charge on any atom is -0.396 e. The number of aliphatic hydroxyl groups excluding tert-OH is 1. The minimum absolute atomic E-state index is 0.269. The lowest BCUT2D eigenvalue weighted by Crippen LogP contribution is -2.32. The number of rotatable bonds is 9. The van der Waals surface area contributed by atoms with Gasteiger partial charge in [0.2, 0.25) is 0 Å². The molecule has 27 heavy (non-hydrogen) atoms. The molecular formula is C21H30N4OS. The van der Waals surface area contributed by atoms with Crippen LogP contribution in [0.15, 0.2) is 40.7 Å². The first-order chi connectivity index (χ1) is 13.2. The number of thiophene rings is 1.